The van der Waals surface area contributed by atoms with Crippen molar-refractivity contribution in [2.75, 3.05) is 13.2 Å². The first-order valence-corrected chi connectivity index (χ1v) is 13.9. The van der Waals surface area contributed by atoms with Crippen molar-refractivity contribution in [2.45, 2.75) is 44.9 Å². The molecular formula is C33H38O2. The van der Waals surface area contributed by atoms with E-state index >= 15 is 0 Å². The fourth-order valence-electron chi connectivity index (χ4n) is 10.00. The quantitative estimate of drug-likeness (QED) is 0.407. The van der Waals surface area contributed by atoms with E-state index < -0.39 is 0 Å². The highest BCUT2D eigenvalue weighted by atomic mass is 16.5. The van der Waals surface area contributed by atoms with Gasteiger partial charge in [-0.15, -0.1) is 13.2 Å². The minimum absolute atomic E-state index is 0.0864. The van der Waals surface area contributed by atoms with Crippen LogP contribution in [0.3, 0.4) is 0 Å². The first-order chi connectivity index (χ1) is 17.1. The molecule has 0 aromatic heterocycles. The standard InChI is InChI=1S/C33H38O2/c1-5-19-13-20(6-2)32-26-16-25(31(19)32)27-17-33(18-28(26)27)29-14-21(34-7-3)9-11-23(29)24-12-10-22(35-8-4)15-30(24)33/h5-6,9-12,14-15,19-20,25-28,31-32H,1-2,7-8,13,16-18H2,3-4H3. The Morgan fingerprint density at radius 2 is 1.23 bits per heavy atom. The van der Waals surface area contributed by atoms with Gasteiger partial charge in [0.15, 0.2) is 0 Å². The molecule has 0 amide bonds. The molecular weight excluding hydrogens is 428 g/mol. The van der Waals surface area contributed by atoms with Crippen LogP contribution in [-0.4, -0.2) is 13.2 Å². The summed E-state index contributed by atoms with van der Waals surface area (Å²) in [5, 5.41) is 0. The summed E-state index contributed by atoms with van der Waals surface area (Å²) in [6.45, 7) is 14.1. The monoisotopic (exact) mass is 466 g/mol. The second-order valence-electron chi connectivity index (χ2n) is 11.9. The first-order valence-electron chi connectivity index (χ1n) is 13.9. The molecule has 7 rings (SSSR count). The van der Waals surface area contributed by atoms with Crippen LogP contribution in [0, 0.1) is 47.3 Å². The van der Waals surface area contributed by atoms with E-state index in [-0.39, 0.29) is 5.41 Å². The van der Waals surface area contributed by atoms with E-state index in [4.69, 9.17) is 9.47 Å². The predicted molar refractivity (Wildman–Crippen MR) is 142 cm³/mol. The number of benzene rings is 2. The number of rotatable bonds is 6. The summed E-state index contributed by atoms with van der Waals surface area (Å²) in [5.41, 5.74) is 5.92. The van der Waals surface area contributed by atoms with Gasteiger partial charge in [0.25, 0.3) is 0 Å². The molecule has 0 radical (unpaired) electrons. The topological polar surface area (TPSA) is 18.5 Å². The molecule has 4 saturated carbocycles. The SMILES string of the molecule is C=CC1CC(C=C)C2C3CC(C4CC5(CC43)c3cc(OCC)ccc3-c3ccc(OCC)cc35)C12. The summed E-state index contributed by atoms with van der Waals surface area (Å²) >= 11 is 0. The zero-order valence-corrected chi connectivity index (χ0v) is 21.2. The molecule has 0 aliphatic heterocycles. The third-order valence-electron chi connectivity index (χ3n) is 10.9. The number of fused-ring (bicyclic) bond motifs is 13. The highest BCUT2D eigenvalue weighted by molar-refractivity contribution is 5.82. The molecule has 0 N–H and O–H groups in total. The maximum absolute atomic E-state index is 6.01. The van der Waals surface area contributed by atoms with Crippen molar-refractivity contribution in [3.63, 3.8) is 0 Å². The Labute approximate surface area is 210 Å². The summed E-state index contributed by atoms with van der Waals surface area (Å²) in [6.07, 6.45) is 9.83. The second-order valence-corrected chi connectivity index (χ2v) is 11.9. The molecule has 0 saturated heterocycles. The average Bonchev–Trinajstić information content (AvgIpc) is 3.65. The van der Waals surface area contributed by atoms with Crippen LogP contribution < -0.4 is 9.47 Å². The molecule has 0 heterocycles. The van der Waals surface area contributed by atoms with E-state index in [1.807, 2.05) is 0 Å². The molecule has 8 unspecified atom stereocenters. The molecule has 2 nitrogen and oxygen atoms in total. The Kier molecular flexibility index (Phi) is 4.83. The summed E-state index contributed by atoms with van der Waals surface area (Å²) in [7, 11) is 0. The number of ether oxygens (including phenoxy) is 2. The Bertz CT molecular complexity index is 1100. The maximum atomic E-state index is 6.01. The predicted octanol–water partition coefficient (Wildman–Crippen LogP) is 7.67. The fraction of sp³-hybridized carbons (Fsp3) is 0.515. The molecule has 1 spiro atoms. The summed E-state index contributed by atoms with van der Waals surface area (Å²) in [4.78, 5) is 0. The Morgan fingerprint density at radius 3 is 1.66 bits per heavy atom. The van der Waals surface area contributed by atoms with Crippen molar-refractivity contribution in [2.24, 2.45) is 47.3 Å². The molecule has 5 aliphatic rings. The number of hydrogen-bond donors (Lipinski definition) is 0. The van der Waals surface area contributed by atoms with Crippen molar-refractivity contribution in [3.05, 3.63) is 72.8 Å². The van der Waals surface area contributed by atoms with Gasteiger partial charge in [-0.1, -0.05) is 24.3 Å². The zero-order valence-electron chi connectivity index (χ0n) is 21.2. The van der Waals surface area contributed by atoms with E-state index in [2.05, 4.69) is 75.6 Å². The Balaban J connectivity index is 1.34. The van der Waals surface area contributed by atoms with Gasteiger partial charge >= 0.3 is 0 Å². The summed E-state index contributed by atoms with van der Waals surface area (Å²) in [5.74, 6) is 8.34. The Hall–Kier alpha value is -2.48. The van der Waals surface area contributed by atoms with Crippen LogP contribution in [0.5, 0.6) is 11.5 Å². The van der Waals surface area contributed by atoms with Crippen molar-refractivity contribution in [3.8, 4) is 22.6 Å². The lowest BCUT2D eigenvalue weighted by molar-refractivity contribution is 0.113. The largest absolute Gasteiger partial charge is 0.494 e. The van der Waals surface area contributed by atoms with Gasteiger partial charge in [0.1, 0.15) is 11.5 Å². The second kappa shape index (κ2) is 7.76. The third-order valence-corrected chi connectivity index (χ3v) is 10.9. The van der Waals surface area contributed by atoms with Crippen molar-refractivity contribution in [1.29, 1.82) is 0 Å². The van der Waals surface area contributed by atoms with Crippen LogP contribution in [-0.2, 0) is 5.41 Å². The van der Waals surface area contributed by atoms with E-state index in [9.17, 15) is 0 Å². The molecule has 8 atom stereocenters. The molecule has 2 heteroatoms. The van der Waals surface area contributed by atoms with Gasteiger partial charge in [-0.05, 0) is 133 Å². The van der Waals surface area contributed by atoms with Crippen LogP contribution in [0.2, 0.25) is 0 Å². The average molecular weight is 467 g/mol. The van der Waals surface area contributed by atoms with Crippen LogP contribution in [0.4, 0.5) is 0 Å². The maximum Gasteiger partial charge on any atom is 0.119 e. The minimum atomic E-state index is 0.0864. The lowest BCUT2D eigenvalue weighted by Crippen LogP contribution is -2.33. The molecule has 2 aromatic carbocycles. The van der Waals surface area contributed by atoms with Crippen LogP contribution >= 0.6 is 0 Å². The van der Waals surface area contributed by atoms with Gasteiger partial charge in [0.05, 0.1) is 13.2 Å². The lowest BCUT2D eigenvalue weighted by atomic mass is 9.67. The normalized spacial score (nSPS) is 36.5. The number of allylic oxidation sites excluding steroid dienone is 2. The molecule has 2 bridgehead atoms. The van der Waals surface area contributed by atoms with Gasteiger partial charge in [-0.2, -0.15) is 0 Å². The molecule has 2 aromatic rings. The Morgan fingerprint density at radius 1 is 0.743 bits per heavy atom. The van der Waals surface area contributed by atoms with E-state index in [0.29, 0.717) is 25.0 Å². The number of hydrogen-bond acceptors (Lipinski definition) is 2. The van der Waals surface area contributed by atoms with Gasteiger partial charge < -0.3 is 9.47 Å². The zero-order chi connectivity index (χ0) is 23.9. The molecule has 5 aliphatic carbocycles. The molecule has 35 heavy (non-hydrogen) atoms. The van der Waals surface area contributed by atoms with Crippen LogP contribution in [0.25, 0.3) is 11.1 Å². The molecule has 182 valence electrons. The van der Waals surface area contributed by atoms with Gasteiger partial charge in [-0.25, -0.2) is 0 Å². The van der Waals surface area contributed by atoms with Gasteiger partial charge in [-0.3, -0.25) is 0 Å². The van der Waals surface area contributed by atoms with Crippen LogP contribution in [0.15, 0.2) is 61.7 Å². The van der Waals surface area contributed by atoms with Crippen LogP contribution in [0.1, 0.15) is 50.7 Å². The highest BCUT2D eigenvalue weighted by Crippen LogP contribution is 2.74. The smallest absolute Gasteiger partial charge is 0.119 e. The van der Waals surface area contributed by atoms with Gasteiger partial charge in [0, 0.05) is 5.41 Å². The summed E-state index contributed by atoms with van der Waals surface area (Å²) in [6, 6.07) is 13.7. The lowest BCUT2D eigenvalue weighted by Gasteiger charge is -2.37. The summed E-state index contributed by atoms with van der Waals surface area (Å²) < 4.78 is 12.0. The van der Waals surface area contributed by atoms with E-state index in [1.165, 1.54) is 47.9 Å². The van der Waals surface area contributed by atoms with Crippen molar-refractivity contribution >= 4 is 0 Å². The highest BCUT2D eigenvalue weighted by Gasteiger charge is 2.68. The first kappa shape index (κ1) is 21.8. The molecule has 4 fully saturated rings. The van der Waals surface area contributed by atoms with Crippen molar-refractivity contribution in [1.82, 2.24) is 0 Å². The van der Waals surface area contributed by atoms with E-state index in [0.717, 1.165) is 47.0 Å². The van der Waals surface area contributed by atoms with E-state index in [1.54, 1.807) is 0 Å². The fourth-order valence-corrected chi connectivity index (χ4v) is 10.00. The minimum Gasteiger partial charge on any atom is -0.494 e. The van der Waals surface area contributed by atoms with Gasteiger partial charge in [0.2, 0.25) is 0 Å². The van der Waals surface area contributed by atoms with Crippen molar-refractivity contribution < 1.29 is 9.47 Å². The third kappa shape index (κ3) is 2.77.